The normalized spacial score (nSPS) is 9.96. The van der Waals surface area contributed by atoms with E-state index in [9.17, 15) is 9.59 Å². The second-order valence-corrected chi connectivity index (χ2v) is 5.25. The highest BCUT2D eigenvalue weighted by atomic mass is 35.5. The molecule has 2 rings (SSSR count). The first-order valence-electron chi connectivity index (χ1n) is 7.09. The van der Waals surface area contributed by atoms with Crippen molar-refractivity contribution in [3.63, 3.8) is 0 Å². The van der Waals surface area contributed by atoms with Gasteiger partial charge in [-0.15, -0.1) is 0 Å². The molecule has 0 saturated heterocycles. The molecule has 0 spiro atoms. The van der Waals surface area contributed by atoms with Crippen molar-refractivity contribution in [2.45, 2.75) is 0 Å². The van der Waals surface area contributed by atoms with Crippen LogP contribution in [0.2, 0.25) is 5.02 Å². The third kappa shape index (κ3) is 4.63. The zero-order valence-electron chi connectivity index (χ0n) is 13.3. The summed E-state index contributed by atoms with van der Waals surface area (Å²) in [5.74, 6) is -0.143. The van der Waals surface area contributed by atoms with Crippen molar-refractivity contribution >= 4 is 34.9 Å². The number of nitrogens with one attached hydrogen (secondary N) is 2. The molecule has 2 aromatic rings. The van der Waals surface area contributed by atoms with Crippen LogP contribution in [0.1, 0.15) is 10.4 Å². The molecular weight excluding hydrogens is 332 g/mol. The lowest BCUT2D eigenvalue weighted by molar-refractivity contribution is -0.114. The lowest BCUT2D eigenvalue weighted by Crippen LogP contribution is -2.22. The van der Waals surface area contributed by atoms with E-state index in [0.717, 1.165) is 0 Å². The summed E-state index contributed by atoms with van der Waals surface area (Å²) in [4.78, 5) is 23.4. The molecule has 0 aliphatic carbocycles. The second-order valence-electron chi connectivity index (χ2n) is 4.82. The van der Waals surface area contributed by atoms with Crippen molar-refractivity contribution in [1.29, 1.82) is 0 Å². The van der Waals surface area contributed by atoms with Crippen molar-refractivity contribution in [3.8, 4) is 5.75 Å². The van der Waals surface area contributed by atoms with Gasteiger partial charge in [0, 0.05) is 10.7 Å². The fourth-order valence-electron chi connectivity index (χ4n) is 2.00. The van der Waals surface area contributed by atoms with Crippen LogP contribution in [0.4, 0.5) is 11.4 Å². The summed E-state index contributed by atoms with van der Waals surface area (Å²) >= 11 is 5.92. The zero-order valence-corrected chi connectivity index (χ0v) is 14.0. The van der Waals surface area contributed by atoms with E-state index in [0.29, 0.717) is 27.7 Å². The van der Waals surface area contributed by atoms with Gasteiger partial charge in [-0.25, -0.2) is 4.79 Å². The minimum atomic E-state index is -0.410. The van der Waals surface area contributed by atoms with E-state index in [4.69, 9.17) is 16.3 Å². The van der Waals surface area contributed by atoms with Crippen LogP contribution < -0.4 is 15.4 Å². The topological polar surface area (TPSA) is 76.7 Å². The van der Waals surface area contributed by atoms with Crippen LogP contribution in [0, 0.1) is 0 Å². The summed E-state index contributed by atoms with van der Waals surface area (Å²) in [6.07, 6.45) is 0. The summed E-state index contributed by atoms with van der Waals surface area (Å²) in [7, 11) is 2.84. The number of carbonyl (C=O) groups excluding carboxylic acids is 2. The van der Waals surface area contributed by atoms with Crippen LogP contribution in [0.25, 0.3) is 0 Å². The van der Waals surface area contributed by atoms with Crippen LogP contribution >= 0.6 is 11.6 Å². The average Bonchev–Trinajstić information content (AvgIpc) is 2.60. The van der Waals surface area contributed by atoms with Gasteiger partial charge in [0.25, 0.3) is 0 Å². The average molecular weight is 349 g/mol. The largest absolute Gasteiger partial charge is 0.495 e. The summed E-state index contributed by atoms with van der Waals surface area (Å²) in [6.45, 7) is 0.0488. The van der Waals surface area contributed by atoms with E-state index in [1.54, 1.807) is 42.5 Å². The maximum Gasteiger partial charge on any atom is 0.337 e. The van der Waals surface area contributed by atoms with Crippen molar-refractivity contribution < 1.29 is 19.1 Å². The summed E-state index contributed by atoms with van der Waals surface area (Å²) in [6, 6.07) is 11.6. The number of anilines is 2. The monoisotopic (exact) mass is 348 g/mol. The van der Waals surface area contributed by atoms with Crippen molar-refractivity contribution in [2.75, 3.05) is 31.4 Å². The molecule has 0 atom stereocenters. The van der Waals surface area contributed by atoms with Gasteiger partial charge in [0.2, 0.25) is 5.91 Å². The van der Waals surface area contributed by atoms with Crippen LogP contribution in [-0.4, -0.2) is 32.6 Å². The molecule has 24 heavy (non-hydrogen) atoms. The molecule has 2 aromatic carbocycles. The number of carbonyl (C=O) groups is 2. The Kier molecular flexibility index (Phi) is 6.03. The molecule has 0 aliphatic rings. The Bertz CT molecular complexity index is 732. The first-order chi connectivity index (χ1) is 11.5. The summed E-state index contributed by atoms with van der Waals surface area (Å²) < 4.78 is 9.80. The van der Waals surface area contributed by atoms with Gasteiger partial charge in [-0.1, -0.05) is 11.6 Å². The molecule has 2 N–H and O–H groups in total. The Morgan fingerprint density at radius 2 is 1.79 bits per heavy atom. The fraction of sp³-hybridized carbons (Fsp3) is 0.176. The molecule has 1 amide bonds. The third-order valence-corrected chi connectivity index (χ3v) is 3.43. The third-order valence-electron chi connectivity index (χ3n) is 3.19. The fourth-order valence-corrected chi connectivity index (χ4v) is 2.17. The molecule has 0 heterocycles. The van der Waals surface area contributed by atoms with Crippen molar-refractivity contribution in [1.82, 2.24) is 0 Å². The summed E-state index contributed by atoms with van der Waals surface area (Å²) in [5.41, 5.74) is 1.64. The zero-order chi connectivity index (χ0) is 17.5. The number of hydrogen-bond acceptors (Lipinski definition) is 5. The number of esters is 1. The van der Waals surface area contributed by atoms with Crippen LogP contribution in [0.15, 0.2) is 42.5 Å². The minimum absolute atomic E-state index is 0.0488. The van der Waals surface area contributed by atoms with Crippen molar-refractivity contribution in [3.05, 3.63) is 53.1 Å². The molecule has 0 radical (unpaired) electrons. The Balaban J connectivity index is 1.94. The Hall–Kier alpha value is -2.73. The van der Waals surface area contributed by atoms with Crippen LogP contribution in [0.3, 0.4) is 0 Å². The van der Waals surface area contributed by atoms with Gasteiger partial charge in [0.15, 0.2) is 0 Å². The van der Waals surface area contributed by atoms with E-state index < -0.39 is 5.97 Å². The summed E-state index contributed by atoms with van der Waals surface area (Å²) in [5, 5.41) is 6.19. The molecule has 0 unspecified atom stereocenters. The Labute approximate surface area is 144 Å². The lowest BCUT2D eigenvalue weighted by Gasteiger charge is -2.11. The number of hydrogen-bond donors (Lipinski definition) is 2. The number of benzene rings is 2. The van der Waals surface area contributed by atoms with Crippen LogP contribution in [0.5, 0.6) is 5.75 Å². The molecule has 0 aromatic heterocycles. The number of ether oxygens (including phenoxy) is 2. The molecule has 0 fully saturated rings. The molecule has 0 saturated carbocycles. The van der Waals surface area contributed by atoms with E-state index in [2.05, 4.69) is 15.4 Å². The molecule has 0 aliphatic heterocycles. The highest BCUT2D eigenvalue weighted by Crippen LogP contribution is 2.27. The molecule has 7 heteroatoms. The van der Waals surface area contributed by atoms with Gasteiger partial charge in [-0.2, -0.15) is 0 Å². The standard InChI is InChI=1S/C17H17ClN2O4/c1-23-15-8-5-12(18)9-14(15)20-16(21)10-19-13-6-3-11(4-7-13)17(22)24-2/h3-9,19H,10H2,1-2H3,(H,20,21). The molecule has 0 bridgehead atoms. The lowest BCUT2D eigenvalue weighted by atomic mass is 10.2. The predicted molar refractivity (Wildman–Crippen MR) is 92.9 cm³/mol. The van der Waals surface area contributed by atoms with E-state index in [-0.39, 0.29) is 12.5 Å². The number of amides is 1. The van der Waals surface area contributed by atoms with Gasteiger partial charge < -0.3 is 20.1 Å². The SMILES string of the molecule is COC(=O)c1ccc(NCC(=O)Nc2cc(Cl)ccc2OC)cc1. The molecule has 126 valence electrons. The molecular formula is C17H17ClN2O4. The smallest absolute Gasteiger partial charge is 0.337 e. The Morgan fingerprint density at radius 3 is 2.42 bits per heavy atom. The van der Waals surface area contributed by atoms with E-state index in [1.165, 1.54) is 14.2 Å². The predicted octanol–water partition coefficient (Wildman–Crippen LogP) is 3.19. The maximum atomic E-state index is 12.0. The molecule has 6 nitrogen and oxygen atoms in total. The highest BCUT2D eigenvalue weighted by Gasteiger charge is 2.09. The van der Waals surface area contributed by atoms with Crippen LogP contribution in [-0.2, 0) is 9.53 Å². The van der Waals surface area contributed by atoms with Crippen molar-refractivity contribution in [2.24, 2.45) is 0 Å². The van der Waals surface area contributed by atoms with Gasteiger partial charge in [0.05, 0.1) is 32.0 Å². The van der Waals surface area contributed by atoms with Gasteiger partial charge in [-0.05, 0) is 42.5 Å². The first-order valence-corrected chi connectivity index (χ1v) is 7.47. The highest BCUT2D eigenvalue weighted by molar-refractivity contribution is 6.31. The van der Waals surface area contributed by atoms with E-state index >= 15 is 0 Å². The van der Waals surface area contributed by atoms with Gasteiger partial charge in [0.1, 0.15) is 5.75 Å². The first kappa shape index (κ1) is 17.6. The number of methoxy groups -OCH3 is 2. The quantitative estimate of drug-likeness (QED) is 0.784. The minimum Gasteiger partial charge on any atom is -0.495 e. The van der Waals surface area contributed by atoms with Gasteiger partial charge >= 0.3 is 5.97 Å². The Morgan fingerprint density at radius 1 is 1.08 bits per heavy atom. The number of rotatable bonds is 6. The number of halogens is 1. The second kappa shape index (κ2) is 8.21. The van der Waals surface area contributed by atoms with Gasteiger partial charge in [-0.3, -0.25) is 4.79 Å². The maximum absolute atomic E-state index is 12.0. The van der Waals surface area contributed by atoms with E-state index in [1.807, 2.05) is 0 Å².